The third-order valence-electron chi connectivity index (χ3n) is 12.4. The van der Waals surface area contributed by atoms with E-state index in [1.165, 1.54) is 32.8 Å². The van der Waals surface area contributed by atoms with Crippen LogP contribution in [-0.4, -0.2) is 25.2 Å². The SMILES string of the molecule is COC(=O)C(C)=CCCC(C)C1CCC2(C)C3=CCC4C(C)(C)C(OC(C)=O)CCC4(C)C3CCC12C. The van der Waals surface area contributed by atoms with Crippen molar-refractivity contribution in [2.75, 3.05) is 7.11 Å². The van der Waals surface area contributed by atoms with Crippen LogP contribution in [0.4, 0.5) is 0 Å². The molecule has 0 saturated heterocycles. The fraction of sp³-hybridized carbons (Fsp3) is 0.818. The summed E-state index contributed by atoms with van der Waals surface area (Å²) >= 11 is 0. The van der Waals surface area contributed by atoms with Crippen LogP contribution in [0, 0.1) is 45.3 Å². The van der Waals surface area contributed by atoms with Gasteiger partial charge < -0.3 is 9.47 Å². The van der Waals surface area contributed by atoms with Gasteiger partial charge in [-0.3, -0.25) is 4.79 Å². The average molecular weight is 513 g/mol. The molecular formula is C33H52O4. The minimum Gasteiger partial charge on any atom is -0.466 e. The zero-order chi connectivity index (χ0) is 27.4. The van der Waals surface area contributed by atoms with Crippen LogP contribution < -0.4 is 0 Å². The Morgan fingerprint density at radius 3 is 2.41 bits per heavy atom. The molecule has 0 amide bonds. The molecule has 4 aliphatic rings. The van der Waals surface area contributed by atoms with Gasteiger partial charge in [0.15, 0.2) is 0 Å². The van der Waals surface area contributed by atoms with Gasteiger partial charge in [-0.15, -0.1) is 0 Å². The Bertz CT molecular complexity index is 975. The van der Waals surface area contributed by atoms with Crippen molar-refractivity contribution >= 4 is 11.9 Å². The highest BCUT2D eigenvalue weighted by Crippen LogP contribution is 2.73. The lowest BCUT2D eigenvalue weighted by molar-refractivity contribution is -0.174. The molecule has 3 saturated carbocycles. The number of esters is 2. The number of carbonyl (C=O) groups excluding carboxylic acids is 2. The summed E-state index contributed by atoms with van der Waals surface area (Å²) in [5, 5.41) is 0. The third-order valence-corrected chi connectivity index (χ3v) is 12.4. The van der Waals surface area contributed by atoms with Gasteiger partial charge in [-0.1, -0.05) is 59.3 Å². The molecule has 4 aliphatic carbocycles. The quantitative estimate of drug-likeness (QED) is 0.205. The predicted octanol–water partition coefficient (Wildman–Crippen LogP) is 8.06. The van der Waals surface area contributed by atoms with Gasteiger partial charge in [-0.2, -0.15) is 0 Å². The zero-order valence-electron chi connectivity index (χ0n) is 25.0. The van der Waals surface area contributed by atoms with Crippen LogP contribution in [-0.2, 0) is 19.1 Å². The number of rotatable bonds is 6. The summed E-state index contributed by atoms with van der Waals surface area (Å²) in [6.45, 7) is 18.3. The van der Waals surface area contributed by atoms with Crippen molar-refractivity contribution in [1.29, 1.82) is 0 Å². The first kappa shape index (κ1) is 28.4. The fourth-order valence-corrected chi connectivity index (χ4v) is 10.1. The van der Waals surface area contributed by atoms with Crippen LogP contribution in [0.3, 0.4) is 0 Å². The molecule has 0 aromatic carbocycles. The first-order chi connectivity index (χ1) is 17.2. The second-order valence-corrected chi connectivity index (χ2v) is 14.3. The van der Waals surface area contributed by atoms with Gasteiger partial charge in [0.05, 0.1) is 7.11 Å². The average Bonchev–Trinajstić information content (AvgIpc) is 3.11. The van der Waals surface area contributed by atoms with Gasteiger partial charge in [0.1, 0.15) is 6.10 Å². The molecule has 0 aromatic rings. The molecule has 0 N–H and O–H groups in total. The molecular weight excluding hydrogens is 460 g/mol. The second-order valence-electron chi connectivity index (χ2n) is 14.3. The van der Waals surface area contributed by atoms with Crippen LogP contribution in [0.15, 0.2) is 23.3 Å². The Hall–Kier alpha value is -1.58. The lowest BCUT2D eigenvalue weighted by Gasteiger charge is -2.64. The monoisotopic (exact) mass is 512 g/mol. The van der Waals surface area contributed by atoms with Crippen molar-refractivity contribution in [3.8, 4) is 0 Å². The van der Waals surface area contributed by atoms with Gasteiger partial charge in [0.2, 0.25) is 0 Å². The first-order valence-corrected chi connectivity index (χ1v) is 14.8. The van der Waals surface area contributed by atoms with Gasteiger partial charge in [-0.25, -0.2) is 4.79 Å². The summed E-state index contributed by atoms with van der Waals surface area (Å²) in [5.74, 6) is 2.18. The molecule has 8 atom stereocenters. The van der Waals surface area contributed by atoms with E-state index in [-0.39, 0.29) is 34.3 Å². The minimum absolute atomic E-state index is 0.00900. The highest BCUT2D eigenvalue weighted by atomic mass is 16.5. The lowest BCUT2D eigenvalue weighted by atomic mass is 9.41. The Balaban J connectivity index is 1.55. The maximum Gasteiger partial charge on any atom is 0.333 e. The smallest absolute Gasteiger partial charge is 0.333 e. The van der Waals surface area contributed by atoms with Crippen LogP contribution >= 0.6 is 0 Å². The van der Waals surface area contributed by atoms with E-state index >= 15 is 0 Å². The summed E-state index contributed by atoms with van der Waals surface area (Å²) in [6.07, 6.45) is 15.2. The van der Waals surface area contributed by atoms with Crippen molar-refractivity contribution in [3.05, 3.63) is 23.3 Å². The van der Waals surface area contributed by atoms with E-state index in [9.17, 15) is 9.59 Å². The largest absolute Gasteiger partial charge is 0.466 e. The van der Waals surface area contributed by atoms with Gasteiger partial charge in [0.25, 0.3) is 0 Å². The van der Waals surface area contributed by atoms with E-state index in [1.807, 2.05) is 6.92 Å². The first-order valence-electron chi connectivity index (χ1n) is 14.8. The molecule has 0 spiro atoms. The molecule has 4 nitrogen and oxygen atoms in total. The zero-order valence-corrected chi connectivity index (χ0v) is 25.0. The van der Waals surface area contributed by atoms with Crippen molar-refractivity contribution in [2.24, 2.45) is 45.3 Å². The molecule has 0 radical (unpaired) electrons. The highest BCUT2D eigenvalue weighted by molar-refractivity contribution is 5.87. The normalized spacial score (nSPS) is 41.5. The van der Waals surface area contributed by atoms with Crippen LogP contribution in [0.1, 0.15) is 113 Å². The standard InChI is InChI=1S/C33H52O4/c1-21(11-10-12-22(2)29(35)36-9)24-15-19-33(8)26-13-14-27-30(4,5)28(37-23(3)34)17-18-31(27,6)25(26)16-20-32(24,33)7/h12-13,21,24-25,27-28H,10-11,14-20H2,1-9H3. The number of hydrogen-bond acceptors (Lipinski definition) is 4. The molecule has 37 heavy (non-hydrogen) atoms. The van der Waals surface area contributed by atoms with Crippen molar-refractivity contribution in [2.45, 2.75) is 119 Å². The van der Waals surface area contributed by atoms with Gasteiger partial charge >= 0.3 is 11.9 Å². The fourth-order valence-electron chi connectivity index (χ4n) is 10.1. The van der Waals surface area contributed by atoms with Gasteiger partial charge in [0, 0.05) is 17.9 Å². The molecule has 8 unspecified atom stereocenters. The summed E-state index contributed by atoms with van der Waals surface area (Å²) < 4.78 is 10.7. The Morgan fingerprint density at radius 2 is 1.76 bits per heavy atom. The molecule has 0 bridgehead atoms. The summed E-state index contributed by atoms with van der Waals surface area (Å²) in [7, 11) is 1.45. The molecule has 0 aromatic heterocycles. The predicted molar refractivity (Wildman–Crippen MR) is 149 cm³/mol. The maximum absolute atomic E-state index is 11.8. The number of hydrogen-bond donors (Lipinski definition) is 0. The lowest BCUT2D eigenvalue weighted by Crippen LogP contribution is -2.58. The molecule has 4 rings (SSSR count). The van der Waals surface area contributed by atoms with E-state index in [2.05, 4.69) is 53.7 Å². The number of carbonyl (C=O) groups is 2. The van der Waals surface area contributed by atoms with E-state index in [0.717, 1.165) is 37.7 Å². The second kappa shape index (κ2) is 9.87. The highest BCUT2D eigenvalue weighted by Gasteiger charge is 2.65. The van der Waals surface area contributed by atoms with E-state index < -0.39 is 0 Å². The summed E-state index contributed by atoms with van der Waals surface area (Å²) in [4.78, 5) is 23.6. The number of methoxy groups -OCH3 is 1. The van der Waals surface area contributed by atoms with Crippen LogP contribution in [0.5, 0.6) is 0 Å². The third kappa shape index (κ3) is 4.42. The van der Waals surface area contributed by atoms with Crippen LogP contribution in [0.2, 0.25) is 0 Å². The molecule has 3 fully saturated rings. The number of fused-ring (bicyclic) bond motifs is 5. The van der Waals surface area contributed by atoms with Crippen molar-refractivity contribution in [1.82, 2.24) is 0 Å². The topological polar surface area (TPSA) is 52.6 Å². The Morgan fingerprint density at radius 1 is 1.05 bits per heavy atom. The summed E-state index contributed by atoms with van der Waals surface area (Å²) in [6, 6.07) is 0. The Kier molecular flexibility index (Phi) is 7.58. The van der Waals surface area contributed by atoms with Gasteiger partial charge in [-0.05, 0) is 105 Å². The number of ether oxygens (including phenoxy) is 2. The molecule has 208 valence electrons. The van der Waals surface area contributed by atoms with E-state index in [4.69, 9.17) is 9.47 Å². The number of allylic oxidation sites excluding steroid dienone is 3. The molecule has 0 aliphatic heterocycles. The van der Waals surface area contributed by atoms with E-state index in [0.29, 0.717) is 29.1 Å². The van der Waals surface area contributed by atoms with Crippen molar-refractivity contribution < 1.29 is 19.1 Å². The minimum atomic E-state index is -0.215. The molecule has 0 heterocycles. The Labute approximate surface area is 226 Å². The molecule has 4 heteroatoms. The summed E-state index contributed by atoms with van der Waals surface area (Å²) in [5.41, 5.74) is 3.33. The van der Waals surface area contributed by atoms with Crippen molar-refractivity contribution in [3.63, 3.8) is 0 Å². The maximum atomic E-state index is 11.8. The van der Waals surface area contributed by atoms with Crippen LogP contribution in [0.25, 0.3) is 0 Å². The van der Waals surface area contributed by atoms with E-state index in [1.54, 1.807) is 12.5 Å².